The van der Waals surface area contributed by atoms with Crippen LogP contribution in [0.3, 0.4) is 0 Å². The number of ether oxygens (including phenoxy) is 1. The first-order chi connectivity index (χ1) is 15.0. The minimum Gasteiger partial charge on any atom is -0.489 e. The second-order valence-electron chi connectivity index (χ2n) is 8.34. The third kappa shape index (κ3) is 7.00. The molecule has 7 nitrogen and oxygen atoms in total. The number of hydrogen-bond acceptors (Lipinski definition) is 6. The quantitative estimate of drug-likeness (QED) is 0.575. The molecule has 1 aliphatic rings. The Hall–Kier alpha value is -2.51. The molecule has 0 aliphatic carbocycles. The van der Waals surface area contributed by atoms with E-state index in [9.17, 15) is 4.79 Å². The van der Waals surface area contributed by atoms with Crippen LogP contribution in [0.4, 0.5) is 11.5 Å². The van der Waals surface area contributed by atoms with Crippen LogP contribution >= 0.6 is 12.4 Å². The maximum absolute atomic E-state index is 12.3. The molecule has 1 amide bonds. The average molecular weight is 462 g/mol. The normalized spacial score (nSPS) is 14.1. The number of halogens is 1. The van der Waals surface area contributed by atoms with Gasteiger partial charge in [0.05, 0.1) is 17.4 Å². The Labute approximate surface area is 198 Å². The summed E-state index contributed by atoms with van der Waals surface area (Å²) in [6.07, 6.45) is 2.89. The highest BCUT2D eigenvalue weighted by atomic mass is 35.5. The molecule has 1 N–H and O–H groups in total. The summed E-state index contributed by atoms with van der Waals surface area (Å²) in [5, 5.41) is 3.34. The molecule has 0 bridgehead atoms. The van der Waals surface area contributed by atoms with E-state index in [2.05, 4.69) is 52.1 Å². The highest BCUT2D eigenvalue weighted by Crippen LogP contribution is 2.29. The maximum Gasteiger partial charge on any atom is 0.257 e. The summed E-state index contributed by atoms with van der Waals surface area (Å²) in [5.74, 6) is 1.59. The number of anilines is 2. The van der Waals surface area contributed by atoms with Gasteiger partial charge in [-0.1, -0.05) is 12.1 Å². The number of benzene rings is 1. The Kier molecular flexibility index (Phi) is 10.1. The van der Waals surface area contributed by atoms with Crippen molar-refractivity contribution in [1.29, 1.82) is 0 Å². The van der Waals surface area contributed by atoms with Crippen molar-refractivity contribution >= 4 is 29.8 Å². The van der Waals surface area contributed by atoms with E-state index in [0.29, 0.717) is 11.4 Å². The molecule has 1 aromatic heterocycles. The zero-order valence-electron chi connectivity index (χ0n) is 19.6. The SMILES string of the molecule is CC(C)Oc1ccccc1N1CCN(CCCNc2ncccc2C(=O)N(C)C)CC1.Cl. The minimum atomic E-state index is -0.0338. The van der Waals surface area contributed by atoms with Gasteiger partial charge < -0.3 is 19.9 Å². The highest BCUT2D eigenvalue weighted by molar-refractivity contribution is 5.98. The fourth-order valence-corrected chi connectivity index (χ4v) is 3.75. The molecular weight excluding hydrogens is 426 g/mol. The second kappa shape index (κ2) is 12.5. The van der Waals surface area contributed by atoms with Gasteiger partial charge >= 0.3 is 0 Å². The van der Waals surface area contributed by atoms with Gasteiger partial charge in [0.25, 0.3) is 5.91 Å². The zero-order valence-corrected chi connectivity index (χ0v) is 20.4. The van der Waals surface area contributed by atoms with E-state index in [-0.39, 0.29) is 24.4 Å². The molecule has 8 heteroatoms. The number of para-hydroxylation sites is 2. The van der Waals surface area contributed by atoms with E-state index >= 15 is 0 Å². The molecule has 0 saturated carbocycles. The summed E-state index contributed by atoms with van der Waals surface area (Å²) in [6, 6.07) is 11.9. The summed E-state index contributed by atoms with van der Waals surface area (Å²) in [6.45, 7) is 9.99. The van der Waals surface area contributed by atoms with E-state index in [1.54, 1.807) is 31.3 Å². The van der Waals surface area contributed by atoms with Gasteiger partial charge in [0.1, 0.15) is 11.6 Å². The Bertz CT molecular complexity index is 854. The topological polar surface area (TPSA) is 60.9 Å². The molecule has 0 radical (unpaired) electrons. The molecule has 32 heavy (non-hydrogen) atoms. The van der Waals surface area contributed by atoms with Crippen LogP contribution in [-0.2, 0) is 0 Å². The van der Waals surface area contributed by atoms with Crippen molar-refractivity contribution in [2.75, 3.05) is 63.6 Å². The third-order valence-corrected chi connectivity index (χ3v) is 5.33. The molecule has 1 saturated heterocycles. The largest absolute Gasteiger partial charge is 0.489 e. The maximum atomic E-state index is 12.3. The van der Waals surface area contributed by atoms with Crippen molar-refractivity contribution in [1.82, 2.24) is 14.8 Å². The van der Waals surface area contributed by atoms with Crippen molar-refractivity contribution in [3.8, 4) is 5.75 Å². The number of rotatable bonds is 9. The minimum absolute atomic E-state index is 0. The molecule has 1 aliphatic heterocycles. The van der Waals surface area contributed by atoms with Crippen LogP contribution in [0, 0.1) is 0 Å². The van der Waals surface area contributed by atoms with Crippen molar-refractivity contribution in [2.45, 2.75) is 26.4 Å². The smallest absolute Gasteiger partial charge is 0.257 e. The van der Waals surface area contributed by atoms with Crippen LogP contribution in [0.5, 0.6) is 5.75 Å². The van der Waals surface area contributed by atoms with Crippen molar-refractivity contribution in [3.63, 3.8) is 0 Å². The van der Waals surface area contributed by atoms with Crippen molar-refractivity contribution < 1.29 is 9.53 Å². The number of piperazine rings is 1. The van der Waals surface area contributed by atoms with Crippen molar-refractivity contribution in [3.05, 3.63) is 48.2 Å². The first-order valence-electron chi connectivity index (χ1n) is 11.1. The van der Waals surface area contributed by atoms with Gasteiger partial charge in [-0.2, -0.15) is 0 Å². The van der Waals surface area contributed by atoms with E-state index in [0.717, 1.165) is 51.4 Å². The Balaban J connectivity index is 0.00000363. The summed E-state index contributed by atoms with van der Waals surface area (Å²) in [4.78, 5) is 23.1. The van der Waals surface area contributed by atoms with Crippen molar-refractivity contribution in [2.24, 2.45) is 0 Å². The van der Waals surface area contributed by atoms with Gasteiger partial charge in [0.2, 0.25) is 0 Å². The molecule has 0 atom stereocenters. The van der Waals surface area contributed by atoms with E-state index in [1.165, 1.54) is 5.69 Å². The summed E-state index contributed by atoms with van der Waals surface area (Å²) in [5.41, 5.74) is 1.80. The molecule has 1 aromatic carbocycles. The third-order valence-electron chi connectivity index (χ3n) is 5.33. The first kappa shape index (κ1) is 25.7. The molecule has 0 unspecified atom stereocenters. The van der Waals surface area contributed by atoms with Crippen LogP contribution in [0.1, 0.15) is 30.6 Å². The predicted molar refractivity (Wildman–Crippen MR) is 133 cm³/mol. The standard InChI is InChI=1S/C24H35N5O2.ClH/c1-19(2)31-22-11-6-5-10-21(22)29-17-15-28(16-18-29)14-8-13-26-23-20(9-7-12-25-23)24(30)27(3)4;/h5-7,9-12,19H,8,13-18H2,1-4H3,(H,25,26);1H. The van der Waals surface area contributed by atoms with Crippen LogP contribution in [-0.4, -0.2) is 80.2 Å². The highest BCUT2D eigenvalue weighted by Gasteiger charge is 2.20. The van der Waals surface area contributed by atoms with Gasteiger partial charge in [-0.15, -0.1) is 12.4 Å². The van der Waals surface area contributed by atoms with E-state index < -0.39 is 0 Å². The first-order valence-corrected chi connectivity index (χ1v) is 11.1. The molecular formula is C24H36ClN5O2. The molecule has 2 heterocycles. The number of carbonyl (C=O) groups is 1. The predicted octanol–water partition coefficient (Wildman–Crippen LogP) is 3.62. The monoisotopic (exact) mass is 461 g/mol. The lowest BCUT2D eigenvalue weighted by molar-refractivity contribution is 0.0828. The van der Waals surface area contributed by atoms with Gasteiger partial charge in [-0.25, -0.2) is 4.98 Å². The Morgan fingerprint density at radius 1 is 1.12 bits per heavy atom. The lowest BCUT2D eigenvalue weighted by Gasteiger charge is -2.37. The average Bonchev–Trinajstić information content (AvgIpc) is 2.77. The number of nitrogens with zero attached hydrogens (tertiary/aromatic N) is 4. The lowest BCUT2D eigenvalue weighted by atomic mass is 10.2. The van der Waals surface area contributed by atoms with E-state index in [4.69, 9.17) is 4.74 Å². The van der Waals surface area contributed by atoms with Gasteiger partial charge in [0.15, 0.2) is 0 Å². The van der Waals surface area contributed by atoms with Gasteiger partial charge in [-0.05, 0) is 51.1 Å². The molecule has 3 rings (SSSR count). The number of hydrogen-bond donors (Lipinski definition) is 1. The van der Waals surface area contributed by atoms with Gasteiger partial charge in [0, 0.05) is 53.0 Å². The van der Waals surface area contributed by atoms with E-state index in [1.807, 2.05) is 12.1 Å². The van der Waals surface area contributed by atoms with Crippen LogP contribution in [0.15, 0.2) is 42.6 Å². The number of pyridine rings is 1. The van der Waals surface area contributed by atoms with Crippen LogP contribution in [0.2, 0.25) is 0 Å². The molecule has 1 fully saturated rings. The number of carbonyl (C=O) groups excluding carboxylic acids is 1. The summed E-state index contributed by atoms with van der Waals surface area (Å²) < 4.78 is 5.99. The fraction of sp³-hybridized carbons (Fsp3) is 0.500. The number of nitrogens with one attached hydrogen (secondary N) is 1. The molecule has 176 valence electrons. The number of aromatic nitrogens is 1. The Morgan fingerprint density at radius 3 is 2.53 bits per heavy atom. The zero-order chi connectivity index (χ0) is 22.2. The number of amides is 1. The fourth-order valence-electron chi connectivity index (χ4n) is 3.75. The van der Waals surface area contributed by atoms with Crippen LogP contribution in [0.25, 0.3) is 0 Å². The Morgan fingerprint density at radius 2 is 1.84 bits per heavy atom. The molecule has 0 spiro atoms. The summed E-state index contributed by atoms with van der Waals surface area (Å²) in [7, 11) is 3.51. The molecule has 2 aromatic rings. The van der Waals surface area contributed by atoms with Gasteiger partial charge in [-0.3, -0.25) is 9.69 Å². The second-order valence-corrected chi connectivity index (χ2v) is 8.34. The lowest BCUT2D eigenvalue weighted by Crippen LogP contribution is -2.47. The summed E-state index contributed by atoms with van der Waals surface area (Å²) >= 11 is 0. The van der Waals surface area contributed by atoms with Crippen LogP contribution < -0.4 is 15.0 Å².